The Hall–Kier alpha value is -5.24. The molecule has 0 saturated heterocycles. The summed E-state index contributed by atoms with van der Waals surface area (Å²) in [5.41, 5.74) is 3.90. The molecule has 5 rings (SSSR count). The molecule has 0 atom stereocenters. The van der Waals surface area contributed by atoms with E-state index >= 15 is 0 Å². The SMILES string of the molecule is O=C(O)c1ccc(-c2ccccc2)cc1C(=O)Oc1ccc(Oc2cc(-c3ccccc3)ccc2COO)cc1. The summed E-state index contributed by atoms with van der Waals surface area (Å²) in [5, 5.41) is 18.6. The first-order chi connectivity index (χ1) is 19.5. The maximum atomic E-state index is 13.0. The lowest BCUT2D eigenvalue weighted by atomic mass is 9.99. The minimum absolute atomic E-state index is 0.0550. The van der Waals surface area contributed by atoms with Crippen molar-refractivity contribution in [2.45, 2.75) is 6.61 Å². The van der Waals surface area contributed by atoms with Crippen LogP contribution in [0.3, 0.4) is 0 Å². The van der Waals surface area contributed by atoms with E-state index in [4.69, 9.17) is 14.7 Å². The molecule has 0 heterocycles. The van der Waals surface area contributed by atoms with E-state index in [0.717, 1.165) is 16.7 Å². The summed E-state index contributed by atoms with van der Waals surface area (Å²) in [5.74, 6) is -0.848. The van der Waals surface area contributed by atoms with E-state index in [0.29, 0.717) is 22.6 Å². The van der Waals surface area contributed by atoms with Crippen molar-refractivity contribution in [1.29, 1.82) is 0 Å². The zero-order chi connectivity index (χ0) is 27.9. The largest absolute Gasteiger partial charge is 0.478 e. The molecule has 0 unspecified atom stereocenters. The summed E-state index contributed by atoms with van der Waals surface area (Å²) >= 11 is 0. The molecule has 2 N–H and O–H groups in total. The number of carboxylic acids is 1. The van der Waals surface area contributed by atoms with E-state index in [1.54, 1.807) is 30.3 Å². The number of esters is 1. The Kier molecular flexibility index (Phi) is 7.97. The first-order valence-electron chi connectivity index (χ1n) is 12.4. The third kappa shape index (κ3) is 6.07. The Morgan fingerprint density at radius 1 is 0.600 bits per heavy atom. The van der Waals surface area contributed by atoms with Gasteiger partial charge in [0.1, 0.15) is 23.9 Å². The molecule has 7 heteroatoms. The Morgan fingerprint density at radius 2 is 1.18 bits per heavy atom. The molecule has 0 bridgehead atoms. The van der Waals surface area contributed by atoms with Gasteiger partial charge in [0.2, 0.25) is 0 Å². The fourth-order valence-corrected chi connectivity index (χ4v) is 4.22. The van der Waals surface area contributed by atoms with Gasteiger partial charge in [-0.25, -0.2) is 14.5 Å². The van der Waals surface area contributed by atoms with Crippen LogP contribution >= 0.6 is 0 Å². The van der Waals surface area contributed by atoms with Crippen molar-refractivity contribution in [2.75, 3.05) is 0 Å². The van der Waals surface area contributed by atoms with Crippen LogP contribution in [0.5, 0.6) is 17.2 Å². The van der Waals surface area contributed by atoms with Gasteiger partial charge in [-0.15, -0.1) is 0 Å². The predicted molar refractivity (Wildman–Crippen MR) is 150 cm³/mol. The van der Waals surface area contributed by atoms with E-state index < -0.39 is 11.9 Å². The Morgan fingerprint density at radius 3 is 1.77 bits per heavy atom. The van der Waals surface area contributed by atoms with Crippen molar-refractivity contribution >= 4 is 11.9 Å². The molecular weight excluding hydrogens is 508 g/mol. The van der Waals surface area contributed by atoms with Crippen molar-refractivity contribution in [1.82, 2.24) is 0 Å². The van der Waals surface area contributed by atoms with Crippen LogP contribution in [0.4, 0.5) is 0 Å². The Bertz CT molecular complexity index is 1630. The van der Waals surface area contributed by atoms with Gasteiger partial charge < -0.3 is 14.6 Å². The molecule has 0 fully saturated rings. The second-order valence-corrected chi connectivity index (χ2v) is 8.86. The maximum absolute atomic E-state index is 13.0. The van der Waals surface area contributed by atoms with Crippen molar-refractivity contribution in [2.24, 2.45) is 0 Å². The zero-order valence-corrected chi connectivity index (χ0v) is 21.2. The van der Waals surface area contributed by atoms with Gasteiger partial charge in [0.05, 0.1) is 11.1 Å². The van der Waals surface area contributed by atoms with E-state index in [1.165, 1.54) is 12.1 Å². The molecule has 0 aliphatic heterocycles. The number of carbonyl (C=O) groups excluding carboxylic acids is 1. The summed E-state index contributed by atoms with van der Waals surface area (Å²) in [6.45, 7) is -0.0615. The number of hydrogen-bond donors (Lipinski definition) is 2. The number of hydrogen-bond acceptors (Lipinski definition) is 6. The summed E-state index contributed by atoms with van der Waals surface area (Å²) in [4.78, 5) is 29.2. The van der Waals surface area contributed by atoms with Crippen LogP contribution in [0.15, 0.2) is 121 Å². The summed E-state index contributed by atoms with van der Waals surface area (Å²) in [6.07, 6.45) is 0. The fourth-order valence-electron chi connectivity index (χ4n) is 4.22. The third-order valence-corrected chi connectivity index (χ3v) is 6.23. The van der Waals surface area contributed by atoms with Crippen molar-refractivity contribution < 1.29 is 34.3 Å². The third-order valence-electron chi connectivity index (χ3n) is 6.23. The van der Waals surface area contributed by atoms with E-state index in [1.807, 2.05) is 78.9 Å². The van der Waals surface area contributed by atoms with Crippen LogP contribution in [-0.4, -0.2) is 22.3 Å². The molecule has 0 spiro atoms. The highest BCUT2D eigenvalue weighted by atomic mass is 17.1. The lowest BCUT2D eigenvalue weighted by molar-refractivity contribution is -0.253. The van der Waals surface area contributed by atoms with E-state index in [2.05, 4.69) is 4.89 Å². The van der Waals surface area contributed by atoms with Crippen LogP contribution in [0.1, 0.15) is 26.3 Å². The van der Waals surface area contributed by atoms with E-state index in [-0.39, 0.29) is 23.5 Å². The van der Waals surface area contributed by atoms with Crippen LogP contribution < -0.4 is 9.47 Å². The van der Waals surface area contributed by atoms with Gasteiger partial charge in [-0.05, 0) is 64.7 Å². The number of benzene rings is 5. The monoisotopic (exact) mass is 532 g/mol. The molecule has 0 amide bonds. The molecule has 0 saturated carbocycles. The average molecular weight is 533 g/mol. The van der Waals surface area contributed by atoms with Crippen molar-refractivity contribution in [3.8, 4) is 39.5 Å². The Balaban J connectivity index is 1.36. The normalized spacial score (nSPS) is 10.6. The number of ether oxygens (including phenoxy) is 2. The van der Waals surface area contributed by atoms with Crippen LogP contribution in [0.25, 0.3) is 22.3 Å². The molecule has 0 radical (unpaired) electrons. The van der Waals surface area contributed by atoms with E-state index in [9.17, 15) is 14.7 Å². The minimum Gasteiger partial charge on any atom is -0.478 e. The standard InChI is InChI=1S/C33H24O7/c34-32(35)29-18-13-24(22-7-3-1-4-8-22)19-30(29)33(36)40-28-16-14-27(15-17-28)39-31-20-25(11-12-26(31)21-38-37)23-9-5-2-6-10-23/h1-20,37H,21H2,(H,34,35). The second kappa shape index (κ2) is 12.1. The van der Waals surface area contributed by atoms with Crippen molar-refractivity contribution in [3.63, 3.8) is 0 Å². The smallest absolute Gasteiger partial charge is 0.344 e. The van der Waals surface area contributed by atoms with Crippen molar-refractivity contribution in [3.05, 3.63) is 138 Å². The highest BCUT2D eigenvalue weighted by Gasteiger charge is 2.20. The van der Waals surface area contributed by atoms with Gasteiger partial charge in [0.15, 0.2) is 0 Å². The van der Waals surface area contributed by atoms with Crippen LogP contribution in [0, 0.1) is 0 Å². The molecule has 5 aromatic carbocycles. The Labute approximate surface area is 230 Å². The van der Waals surface area contributed by atoms with Crippen LogP contribution in [-0.2, 0) is 11.5 Å². The topological polar surface area (TPSA) is 102 Å². The molecule has 0 aliphatic rings. The van der Waals surface area contributed by atoms with Gasteiger partial charge in [-0.3, -0.25) is 5.26 Å². The summed E-state index contributed by atoms with van der Waals surface area (Å²) in [7, 11) is 0. The number of rotatable bonds is 9. The predicted octanol–water partition coefficient (Wildman–Crippen LogP) is 7.72. The molecule has 198 valence electrons. The lowest BCUT2D eigenvalue weighted by Gasteiger charge is -2.13. The first kappa shape index (κ1) is 26.4. The number of carboxylic acid groups (broad SMARTS) is 1. The lowest BCUT2D eigenvalue weighted by Crippen LogP contribution is -2.14. The summed E-state index contributed by atoms with van der Waals surface area (Å²) < 4.78 is 11.6. The average Bonchev–Trinajstić information content (AvgIpc) is 2.99. The molecular formula is C33H24O7. The quantitative estimate of drug-likeness (QED) is 0.0867. The highest BCUT2D eigenvalue weighted by Crippen LogP contribution is 2.32. The number of aromatic carboxylic acids is 1. The zero-order valence-electron chi connectivity index (χ0n) is 21.2. The second-order valence-electron chi connectivity index (χ2n) is 8.86. The van der Waals surface area contributed by atoms with Crippen LogP contribution in [0.2, 0.25) is 0 Å². The van der Waals surface area contributed by atoms with Gasteiger partial charge in [0.25, 0.3) is 0 Å². The molecule has 5 aromatic rings. The molecule has 40 heavy (non-hydrogen) atoms. The highest BCUT2D eigenvalue weighted by molar-refractivity contribution is 6.04. The molecule has 0 aliphatic carbocycles. The molecule has 7 nitrogen and oxygen atoms in total. The van der Waals surface area contributed by atoms with Gasteiger partial charge in [0, 0.05) is 5.56 Å². The minimum atomic E-state index is -1.23. The first-order valence-corrected chi connectivity index (χ1v) is 12.4. The summed E-state index contributed by atoms with van der Waals surface area (Å²) in [6, 6.07) is 35.6. The van der Waals surface area contributed by atoms with Gasteiger partial charge in [-0.1, -0.05) is 78.9 Å². The van der Waals surface area contributed by atoms with Gasteiger partial charge in [-0.2, -0.15) is 0 Å². The molecule has 0 aromatic heterocycles. The fraction of sp³-hybridized carbons (Fsp3) is 0.0303. The maximum Gasteiger partial charge on any atom is 0.344 e. The number of carbonyl (C=O) groups is 2. The van der Waals surface area contributed by atoms with Gasteiger partial charge >= 0.3 is 11.9 Å².